The van der Waals surface area contributed by atoms with Crippen LogP contribution in [0.15, 0.2) is 11.7 Å². The molecule has 0 aliphatic heterocycles. The van der Waals surface area contributed by atoms with Gasteiger partial charge in [0.15, 0.2) is 12.6 Å². The molecule has 0 aromatic carbocycles. The molecule has 0 N–H and O–H groups in total. The van der Waals surface area contributed by atoms with E-state index in [-0.39, 0.29) is 6.79 Å². The van der Waals surface area contributed by atoms with Gasteiger partial charge in [-0.05, 0) is 25.7 Å². The Morgan fingerprint density at radius 2 is 1.20 bits per heavy atom. The topological polar surface area (TPSA) is 36.9 Å². The summed E-state index contributed by atoms with van der Waals surface area (Å²) >= 11 is 0. The molecule has 0 atom stereocenters. The zero-order valence-corrected chi connectivity index (χ0v) is 17.2. The van der Waals surface area contributed by atoms with Crippen molar-refractivity contribution in [2.75, 3.05) is 26.6 Å². The van der Waals surface area contributed by atoms with Crippen LogP contribution in [0.1, 0.15) is 98.3 Å². The molecule has 0 aliphatic carbocycles. The Morgan fingerprint density at radius 1 is 0.560 bits per heavy atom. The molecule has 0 fully saturated rings. The molecule has 25 heavy (non-hydrogen) atoms. The van der Waals surface area contributed by atoms with Gasteiger partial charge < -0.3 is 18.9 Å². The highest BCUT2D eigenvalue weighted by atomic mass is 16.7. The van der Waals surface area contributed by atoms with E-state index in [9.17, 15) is 0 Å². The number of ether oxygens (including phenoxy) is 4. The van der Waals surface area contributed by atoms with Crippen molar-refractivity contribution in [1.29, 1.82) is 0 Å². The van der Waals surface area contributed by atoms with Crippen LogP contribution in [0, 0.1) is 0 Å². The minimum atomic E-state index is 0.227. The molecule has 150 valence electrons. The first-order valence-electron chi connectivity index (χ1n) is 10.5. The van der Waals surface area contributed by atoms with Crippen LogP contribution >= 0.6 is 0 Å². The number of hydrogen-bond acceptors (Lipinski definition) is 4. The average Bonchev–Trinajstić information content (AvgIpc) is 2.62. The van der Waals surface area contributed by atoms with E-state index in [1.807, 2.05) is 0 Å². The summed E-state index contributed by atoms with van der Waals surface area (Å²) in [6.07, 6.45) is 12.3. The third kappa shape index (κ3) is 15.1. The lowest BCUT2D eigenvalue weighted by molar-refractivity contribution is -0.0837. The van der Waals surface area contributed by atoms with E-state index < -0.39 is 0 Å². The molecule has 0 radical (unpaired) electrons. The standard InChI is InChI=1S/C21H42O4/c1-5-9-11-13-17-23-20(15-7-3)21(25-19-22-16-8-4)24-18-14-12-10-6-2/h5-19H2,1-4H3. The molecule has 0 saturated heterocycles. The minimum Gasteiger partial charge on any atom is -0.491 e. The molecule has 0 bridgehead atoms. The third-order valence-electron chi connectivity index (χ3n) is 3.83. The molecule has 0 aliphatic rings. The van der Waals surface area contributed by atoms with Crippen molar-refractivity contribution in [3.8, 4) is 0 Å². The van der Waals surface area contributed by atoms with Crippen molar-refractivity contribution in [3.63, 3.8) is 0 Å². The van der Waals surface area contributed by atoms with Gasteiger partial charge >= 0.3 is 5.95 Å². The first-order valence-corrected chi connectivity index (χ1v) is 10.5. The van der Waals surface area contributed by atoms with E-state index >= 15 is 0 Å². The maximum atomic E-state index is 6.00. The summed E-state index contributed by atoms with van der Waals surface area (Å²) in [4.78, 5) is 0. The van der Waals surface area contributed by atoms with E-state index in [1.165, 1.54) is 38.5 Å². The lowest BCUT2D eigenvalue weighted by Crippen LogP contribution is -2.10. The third-order valence-corrected chi connectivity index (χ3v) is 3.83. The molecule has 0 spiro atoms. The van der Waals surface area contributed by atoms with Crippen molar-refractivity contribution < 1.29 is 18.9 Å². The van der Waals surface area contributed by atoms with Crippen LogP contribution in [-0.2, 0) is 18.9 Å². The minimum absolute atomic E-state index is 0.227. The molecule has 0 amide bonds. The predicted octanol–water partition coefficient (Wildman–Crippen LogP) is 6.55. The second-order valence-electron chi connectivity index (χ2n) is 6.45. The molecule has 0 aromatic heterocycles. The van der Waals surface area contributed by atoms with Crippen LogP contribution in [0.3, 0.4) is 0 Å². The van der Waals surface area contributed by atoms with Gasteiger partial charge in [-0.2, -0.15) is 0 Å². The highest BCUT2D eigenvalue weighted by Gasteiger charge is 2.12. The van der Waals surface area contributed by atoms with E-state index in [2.05, 4.69) is 27.7 Å². The molecule has 0 aromatic rings. The highest BCUT2D eigenvalue weighted by Crippen LogP contribution is 2.18. The summed E-state index contributed by atoms with van der Waals surface area (Å²) < 4.78 is 23.1. The summed E-state index contributed by atoms with van der Waals surface area (Å²) in [7, 11) is 0. The van der Waals surface area contributed by atoms with Gasteiger partial charge in [-0.25, -0.2) is 0 Å². The Morgan fingerprint density at radius 3 is 1.76 bits per heavy atom. The number of rotatable bonds is 19. The molecule has 0 saturated carbocycles. The van der Waals surface area contributed by atoms with Crippen LogP contribution in [0.25, 0.3) is 0 Å². The molecular formula is C21H42O4. The predicted molar refractivity (Wildman–Crippen MR) is 104 cm³/mol. The lowest BCUT2D eigenvalue weighted by atomic mass is 10.2. The first-order chi connectivity index (χ1) is 12.3. The Balaban J connectivity index is 4.53. The fourth-order valence-corrected chi connectivity index (χ4v) is 2.38. The molecule has 0 rings (SSSR count). The fraction of sp³-hybridized carbons (Fsp3) is 0.905. The maximum absolute atomic E-state index is 6.00. The SMILES string of the molecule is CCCCCCOC(CCC)=C(OCCCCCC)OCOCCC. The van der Waals surface area contributed by atoms with Gasteiger partial charge in [0, 0.05) is 6.42 Å². The van der Waals surface area contributed by atoms with Crippen LogP contribution in [-0.4, -0.2) is 26.6 Å². The first kappa shape index (κ1) is 24.1. The van der Waals surface area contributed by atoms with Crippen molar-refractivity contribution in [2.24, 2.45) is 0 Å². The molecule has 0 heterocycles. The quantitative estimate of drug-likeness (QED) is 0.149. The van der Waals surface area contributed by atoms with Gasteiger partial charge in [0.05, 0.1) is 19.8 Å². The lowest BCUT2D eigenvalue weighted by Gasteiger charge is -2.17. The van der Waals surface area contributed by atoms with E-state index in [1.54, 1.807) is 0 Å². The largest absolute Gasteiger partial charge is 0.491 e. The van der Waals surface area contributed by atoms with Gasteiger partial charge in [0.1, 0.15) is 0 Å². The molecule has 4 nitrogen and oxygen atoms in total. The Labute approximate surface area is 156 Å². The average molecular weight is 359 g/mol. The van der Waals surface area contributed by atoms with Gasteiger partial charge in [-0.15, -0.1) is 0 Å². The Hall–Kier alpha value is -0.900. The zero-order valence-electron chi connectivity index (χ0n) is 17.2. The summed E-state index contributed by atoms with van der Waals surface area (Å²) in [6.45, 7) is 11.0. The van der Waals surface area contributed by atoms with Crippen molar-refractivity contribution >= 4 is 0 Å². The second kappa shape index (κ2) is 19.4. The van der Waals surface area contributed by atoms with Crippen LogP contribution in [0.4, 0.5) is 0 Å². The van der Waals surface area contributed by atoms with E-state index in [4.69, 9.17) is 18.9 Å². The van der Waals surface area contributed by atoms with Crippen molar-refractivity contribution in [2.45, 2.75) is 98.3 Å². The van der Waals surface area contributed by atoms with Crippen molar-refractivity contribution in [3.05, 3.63) is 11.7 Å². The number of unbranched alkanes of at least 4 members (excludes halogenated alkanes) is 6. The van der Waals surface area contributed by atoms with Crippen LogP contribution < -0.4 is 0 Å². The fourth-order valence-electron chi connectivity index (χ4n) is 2.38. The number of hydrogen-bond donors (Lipinski definition) is 0. The summed E-state index contributed by atoms with van der Waals surface area (Å²) in [5, 5.41) is 0. The zero-order chi connectivity index (χ0) is 18.6. The highest BCUT2D eigenvalue weighted by molar-refractivity contribution is 4.95. The Bertz CT molecular complexity index is 302. The maximum Gasteiger partial charge on any atom is 0.321 e. The summed E-state index contributed by atoms with van der Waals surface area (Å²) in [6, 6.07) is 0. The number of allylic oxidation sites excluding steroid dienone is 1. The molecule has 4 heteroatoms. The van der Waals surface area contributed by atoms with Gasteiger partial charge in [0.2, 0.25) is 0 Å². The summed E-state index contributed by atoms with van der Waals surface area (Å²) in [5.74, 6) is 1.37. The van der Waals surface area contributed by atoms with Crippen LogP contribution in [0.5, 0.6) is 0 Å². The molecular weight excluding hydrogens is 316 g/mol. The monoisotopic (exact) mass is 358 g/mol. The molecule has 0 unspecified atom stereocenters. The summed E-state index contributed by atoms with van der Waals surface area (Å²) in [5.41, 5.74) is 0. The van der Waals surface area contributed by atoms with Crippen molar-refractivity contribution in [1.82, 2.24) is 0 Å². The normalized spacial score (nSPS) is 12.0. The van der Waals surface area contributed by atoms with E-state index in [0.29, 0.717) is 19.2 Å². The van der Waals surface area contributed by atoms with Crippen LogP contribution in [0.2, 0.25) is 0 Å². The van der Waals surface area contributed by atoms with Gasteiger partial charge in [-0.3, -0.25) is 0 Å². The van der Waals surface area contributed by atoms with E-state index in [0.717, 1.165) is 44.5 Å². The van der Waals surface area contributed by atoms with Gasteiger partial charge in [0.25, 0.3) is 0 Å². The second-order valence-corrected chi connectivity index (χ2v) is 6.45. The smallest absolute Gasteiger partial charge is 0.321 e. The Kier molecular flexibility index (Phi) is 18.7. The van der Waals surface area contributed by atoms with Gasteiger partial charge in [-0.1, -0.05) is 66.2 Å².